The van der Waals surface area contributed by atoms with E-state index < -0.39 is 0 Å². The van der Waals surface area contributed by atoms with Gasteiger partial charge in [0.05, 0.1) is 17.2 Å². The molecule has 29 heavy (non-hydrogen) atoms. The largest absolute Gasteiger partial charge is 0.369 e. The van der Waals surface area contributed by atoms with E-state index in [9.17, 15) is 4.79 Å². The molecule has 0 aliphatic carbocycles. The van der Waals surface area contributed by atoms with Crippen LogP contribution in [0.25, 0.3) is 16.3 Å². The number of aliphatic imine (C=N–C) groups is 1. The third kappa shape index (κ3) is 5.31. The highest BCUT2D eigenvalue weighted by Gasteiger charge is 2.11. The van der Waals surface area contributed by atoms with Crippen molar-refractivity contribution in [2.45, 2.75) is 26.4 Å². The molecule has 0 amide bonds. The van der Waals surface area contributed by atoms with Crippen molar-refractivity contribution >= 4 is 40.0 Å². The summed E-state index contributed by atoms with van der Waals surface area (Å²) in [6, 6.07) is 11.5. The van der Waals surface area contributed by atoms with Gasteiger partial charge in [0, 0.05) is 29.6 Å². The summed E-state index contributed by atoms with van der Waals surface area (Å²) in [4.78, 5) is 24.1. The van der Waals surface area contributed by atoms with Crippen LogP contribution in [0, 0.1) is 0 Å². The molecule has 1 unspecified atom stereocenters. The van der Waals surface area contributed by atoms with Gasteiger partial charge in [0.1, 0.15) is 5.82 Å². The molecule has 3 aromatic rings. The second-order valence-electron chi connectivity index (χ2n) is 6.70. The van der Waals surface area contributed by atoms with E-state index in [1.165, 1.54) is 0 Å². The topological polar surface area (TPSA) is 96.2 Å². The molecule has 7 heteroatoms. The summed E-state index contributed by atoms with van der Waals surface area (Å²) in [5.41, 5.74) is 8.22. The Bertz CT molecular complexity index is 1120. The van der Waals surface area contributed by atoms with Gasteiger partial charge in [0.15, 0.2) is 0 Å². The second kappa shape index (κ2) is 9.49. The maximum absolute atomic E-state index is 12.4. The lowest BCUT2D eigenvalue weighted by atomic mass is 10.1. The lowest BCUT2D eigenvalue weighted by molar-refractivity contribution is 0.798. The van der Waals surface area contributed by atoms with Gasteiger partial charge in [-0.2, -0.15) is 0 Å². The second-order valence-corrected chi connectivity index (χ2v) is 7.13. The van der Waals surface area contributed by atoms with Crippen LogP contribution in [0.1, 0.15) is 25.1 Å². The minimum absolute atomic E-state index is 0.182. The van der Waals surface area contributed by atoms with Gasteiger partial charge in [0.2, 0.25) is 0 Å². The number of fused-ring (bicyclic) bond motifs is 1. The maximum atomic E-state index is 12.4. The number of hydrogen-bond donors (Lipinski definition) is 3. The molecule has 0 radical (unpaired) electrons. The predicted octanol–water partition coefficient (Wildman–Crippen LogP) is 4.01. The Kier molecular flexibility index (Phi) is 6.80. The van der Waals surface area contributed by atoms with E-state index >= 15 is 0 Å². The minimum Gasteiger partial charge on any atom is -0.369 e. The Hall–Kier alpha value is -2.96. The summed E-state index contributed by atoms with van der Waals surface area (Å²) in [6.07, 6.45) is 5.71. The Morgan fingerprint density at radius 3 is 2.93 bits per heavy atom. The number of aromatic nitrogens is 2. The number of benzene rings is 1. The van der Waals surface area contributed by atoms with Crippen LogP contribution >= 0.6 is 11.6 Å². The molecule has 0 aliphatic rings. The number of rotatable bonds is 7. The van der Waals surface area contributed by atoms with Crippen LogP contribution in [0.15, 0.2) is 58.5 Å². The van der Waals surface area contributed by atoms with Crippen molar-refractivity contribution in [3.05, 3.63) is 75.3 Å². The van der Waals surface area contributed by atoms with E-state index in [4.69, 9.17) is 22.3 Å². The molecular formula is C22H24ClN5O. The third-order valence-electron chi connectivity index (χ3n) is 4.41. The molecule has 6 nitrogen and oxygen atoms in total. The molecule has 1 aromatic carbocycles. The van der Waals surface area contributed by atoms with E-state index in [1.54, 1.807) is 19.3 Å². The van der Waals surface area contributed by atoms with E-state index in [-0.39, 0.29) is 11.7 Å². The fourth-order valence-electron chi connectivity index (χ4n) is 2.99. The number of nitrogens with zero attached hydrogens (tertiary/aromatic N) is 2. The van der Waals surface area contributed by atoms with Crippen LogP contribution in [0.5, 0.6) is 0 Å². The first-order valence-corrected chi connectivity index (χ1v) is 9.82. The highest BCUT2D eigenvalue weighted by Crippen LogP contribution is 2.23. The highest BCUT2D eigenvalue weighted by atomic mass is 35.5. The molecule has 0 bridgehead atoms. The molecule has 4 N–H and O–H groups in total. The van der Waals surface area contributed by atoms with Gasteiger partial charge in [-0.1, -0.05) is 29.8 Å². The molecule has 0 spiro atoms. The third-order valence-corrected chi connectivity index (χ3v) is 4.64. The SMILES string of the molecule is C/C=C(\C=N/C(C)N)c1cc2cc[nH]c(=O)c2c(NCCc2cccc(Cl)c2)n1. The van der Waals surface area contributed by atoms with Crippen molar-refractivity contribution in [2.24, 2.45) is 10.7 Å². The fourth-order valence-corrected chi connectivity index (χ4v) is 3.21. The van der Waals surface area contributed by atoms with E-state index in [0.717, 1.165) is 28.6 Å². The number of nitrogens with one attached hydrogen (secondary N) is 2. The lowest BCUT2D eigenvalue weighted by Gasteiger charge is -2.12. The molecule has 0 aliphatic heterocycles. The summed E-state index contributed by atoms with van der Waals surface area (Å²) in [5, 5.41) is 5.35. The van der Waals surface area contributed by atoms with Crippen molar-refractivity contribution in [3.8, 4) is 0 Å². The van der Waals surface area contributed by atoms with Crippen molar-refractivity contribution < 1.29 is 0 Å². The Morgan fingerprint density at radius 2 is 2.21 bits per heavy atom. The van der Waals surface area contributed by atoms with Crippen LogP contribution in [0.2, 0.25) is 5.02 Å². The summed E-state index contributed by atoms with van der Waals surface area (Å²) < 4.78 is 0. The first-order valence-electron chi connectivity index (χ1n) is 9.44. The summed E-state index contributed by atoms with van der Waals surface area (Å²) in [7, 11) is 0. The average molecular weight is 410 g/mol. The van der Waals surface area contributed by atoms with E-state index in [1.807, 2.05) is 49.4 Å². The number of nitrogens with two attached hydrogens (primary N) is 1. The highest BCUT2D eigenvalue weighted by molar-refractivity contribution is 6.30. The first-order chi connectivity index (χ1) is 14.0. The summed E-state index contributed by atoms with van der Waals surface area (Å²) in [6.45, 7) is 4.33. The normalized spacial score (nSPS) is 13.2. The molecule has 3 rings (SSSR count). The maximum Gasteiger partial charge on any atom is 0.259 e. The molecule has 0 saturated heterocycles. The minimum atomic E-state index is -0.302. The summed E-state index contributed by atoms with van der Waals surface area (Å²) >= 11 is 6.06. The van der Waals surface area contributed by atoms with Crippen LogP contribution in [-0.2, 0) is 6.42 Å². The summed E-state index contributed by atoms with van der Waals surface area (Å²) in [5.74, 6) is 0.537. The van der Waals surface area contributed by atoms with Gasteiger partial charge >= 0.3 is 0 Å². The zero-order valence-corrected chi connectivity index (χ0v) is 17.2. The van der Waals surface area contributed by atoms with E-state index in [2.05, 4.69) is 15.3 Å². The molecule has 2 aromatic heterocycles. The van der Waals surface area contributed by atoms with Crippen molar-refractivity contribution in [3.63, 3.8) is 0 Å². The first kappa shape index (κ1) is 20.8. The van der Waals surface area contributed by atoms with Crippen LogP contribution in [0.3, 0.4) is 0 Å². The van der Waals surface area contributed by atoms with Gasteiger partial charge in [-0.25, -0.2) is 4.98 Å². The Morgan fingerprint density at radius 1 is 1.38 bits per heavy atom. The molecule has 0 fully saturated rings. The molecule has 0 saturated carbocycles. The van der Waals surface area contributed by atoms with Crippen LogP contribution < -0.4 is 16.6 Å². The Balaban J connectivity index is 1.94. The van der Waals surface area contributed by atoms with Gasteiger partial charge in [0.25, 0.3) is 5.56 Å². The van der Waals surface area contributed by atoms with Crippen LogP contribution in [0.4, 0.5) is 5.82 Å². The van der Waals surface area contributed by atoms with Crippen molar-refractivity contribution in [1.29, 1.82) is 0 Å². The number of hydrogen-bond acceptors (Lipinski definition) is 5. The number of anilines is 1. The number of halogens is 1. The zero-order valence-electron chi connectivity index (χ0n) is 16.4. The zero-order chi connectivity index (χ0) is 20.8. The standard InChI is InChI=1S/C22H24ClN5O/c1-3-16(13-27-14(2)24)19-12-17-8-10-26-22(29)20(17)21(28-19)25-9-7-15-5-4-6-18(23)11-15/h3-6,8,10-14H,7,9,24H2,1-2H3,(H,25,28)(H,26,29)/b16-3+,27-13-. The van der Waals surface area contributed by atoms with Gasteiger partial charge < -0.3 is 16.0 Å². The number of allylic oxidation sites excluding steroid dienone is 2. The smallest absolute Gasteiger partial charge is 0.259 e. The van der Waals surface area contributed by atoms with Gasteiger partial charge in [-0.15, -0.1) is 0 Å². The quantitative estimate of drug-likeness (QED) is 0.513. The number of aromatic amines is 1. The van der Waals surface area contributed by atoms with Gasteiger partial charge in [-0.05, 0) is 55.5 Å². The molecular weight excluding hydrogens is 386 g/mol. The fraction of sp³-hybridized carbons (Fsp3) is 0.227. The molecule has 1 atom stereocenters. The Labute approximate surface area is 174 Å². The predicted molar refractivity (Wildman–Crippen MR) is 122 cm³/mol. The lowest BCUT2D eigenvalue weighted by Crippen LogP contribution is -2.14. The van der Waals surface area contributed by atoms with E-state index in [0.29, 0.717) is 22.8 Å². The number of pyridine rings is 2. The molecule has 150 valence electrons. The number of H-pyrrole nitrogens is 1. The van der Waals surface area contributed by atoms with Crippen molar-refractivity contribution in [1.82, 2.24) is 9.97 Å². The van der Waals surface area contributed by atoms with Crippen molar-refractivity contribution in [2.75, 3.05) is 11.9 Å². The monoisotopic (exact) mass is 409 g/mol. The van der Waals surface area contributed by atoms with Gasteiger partial charge in [-0.3, -0.25) is 9.79 Å². The molecule has 2 heterocycles. The van der Waals surface area contributed by atoms with Crippen LogP contribution in [-0.4, -0.2) is 28.9 Å². The average Bonchev–Trinajstić information content (AvgIpc) is 2.68.